The van der Waals surface area contributed by atoms with Crippen LogP contribution in [0.15, 0.2) is 101 Å². The number of hydrogen-bond acceptors (Lipinski definition) is 6. The number of hydrogen-bond donors (Lipinski definition) is 0. The Hall–Kier alpha value is -4.56. The molecule has 0 radical (unpaired) electrons. The van der Waals surface area contributed by atoms with Crippen molar-refractivity contribution in [3.63, 3.8) is 0 Å². The van der Waals surface area contributed by atoms with E-state index < -0.39 is 0 Å². The summed E-state index contributed by atoms with van der Waals surface area (Å²) in [5, 5.41) is 9.76. The molecule has 8 nitrogen and oxygen atoms in total. The smallest absolute Gasteiger partial charge is 0.367 e. The maximum Gasteiger partial charge on any atom is 0.367 e. The van der Waals surface area contributed by atoms with Crippen LogP contribution in [0.4, 0.5) is 0 Å². The molecule has 0 saturated heterocycles. The number of halogens is 1. The molecule has 4 heterocycles. The fraction of sp³-hybridized carbons (Fsp3) is 0.0385. The van der Waals surface area contributed by atoms with Gasteiger partial charge in [0.25, 0.3) is 0 Å². The van der Waals surface area contributed by atoms with Crippen molar-refractivity contribution in [1.29, 1.82) is 0 Å². The van der Waals surface area contributed by atoms with Crippen molar-refractivity contribution < 1.29 is 4.42 Å². The summed E-state index contributed by atoms with van der Waals surface area (Å²) in [6.45, 7) is 0.297. The first kappa shape index (κ1) is 21.0. The number of aromatic nitrogens is 6. The second-order valence-electron chi connectivity index (χ2n) is 7.91. The van der Waals surface area contributed by atoms with Gasteiger partial charge in [0.15, 0.2) is 17.8 Å². The van der Waals surface area contributed by atoms with Crippen LogP contribution in [0.2, 0.25) is 5.02 Å². The van der Waals surface area contributed by atoms with E-state index in [4.69, 9.17) is 16.0 Å². The molecule has 2 aromatic carbocycles. The molecule has 0 atom stereocenters. The largest absolute Gasteiger partial charge is 0.444 e. The average molecular weight is 481 g/mol. The molecule has 0 N–H and O–H groups in total. The van der Waals surface area contributed by atoms with E-state index in [1.54, 1.807) is 24.8 Å². The number of pyridine rings is 1. The zero-order chi connectivity index (χ0) is 23.8. The van der Waals surface area contributed by atoms with Crippen molar-refractivity contribution >= 4 is 17.2 Å². The van der Waals surface area contributed by atoms with Crippen LogP contribution >= 0.6 is 11.6 Å². The Bertz CT molecular complexity index is 1670. The summed E-state index contributed by atoms with van der Waals surface area (Å²) < 4.78 is 8.09. The third kappa shape index (κ3) is 3.89. The van der Waals surface area contributed by atoms with Gasteiger partial charge in [0.05, 0.1) is 18.9 Å². The van der Waals surface area contributed by atoms with Crippen molar-refractivity contribution in [2.45, 2.75) is 6.54 Å². The summed E-state index contributed by atoms with van der Waals surface area (Å²) in [6, 6.07) is 19.0. The highest BCUT2D eigenvalue weighted by atomic mass is 35.5. The predicted octanol–water partition coefficient (Wildman–Crippen LogP) is 4.98. The molecule has 0 unspecified atom stereocenters. The minimum Gasteiger partial charge on any atom is -0.444 e. The van der Waals surface area contributed by atoms with E-state index in [-0.39, 0.29) is 5.69 Å². The summed E-state index contributed by atoms with van der Waals surface area (Å²) in [5.41, 5.74) is 5.40. The van der Waals surface area contributed by atoms with Gasteiger partial charge in [-0.05, 0) is 41.0 Å². The SMILES string of the molecule is O=c1n(Cc2ccc(-c3cnco3)cc2)nc2c(-c3ccncc3)c(-c3ccc(Cl)cc3)cnn12. The van der Waals surface area contributed by atoms with Gasteiger partial charge in [-0.1, -0.05) is 48.0 Å². The van der Waals surface area contributed by atoms with Crippen LogP contribution in [-0.4, -0.2) is 29.4 Å². The zero-order valence-electron chi connectivity index (χ0n) is 18.2. The molecule has 0 aliphatic carbocycles. The van der Waals surface area contributed by atoms with Gasteiger partial charge in [-0.2, -0.15) is 9.61 Å². The molecule has 0 saturated carbocycles. The van der Waals surface area contributed by atoms with E-state index in [2.05, 4.69) is 20.2 Å². The molecule has 0 amide bonds. The van der Waals surface area contributed by atoms with Gasteiger partial charge in [0.2, 0.25) is 0 Å². The molecule has 9 heteroatoms. The fourth-order valence-electron chi connectivity index (χ4n) is 4.02. The van der Waals surface area contributed by atoms with Crippen molar-refractivity contribution in [1.82, 2.24) is 29.4 Å². The van der Waals surface area contributed by atoms with Crippen LogP contribution in [0.1, 0.15) is 5.56 Å². The summed E-state index contributed by atoms with van der Waals surface area (Å²) in [6.07, 6.45) is 8.16. The Labute approximate surface area is 204 Å². The number of fused-ring (bicyclic) bond motifs is 1. The predicted molar refractivity (Wildman–Crippen MR) is 132 cm³/mol. The third-order valence-electron chi connectivity index (χ3n) is 5.74. The first-order valence-electron chi connectivity index (χ1n) is 10.8. The Balaban J connectivity index is 1.46. The Morgan fingerprint density at radius 2 is 1.57 bits per heavy atom. The van der Waals surface area contributed by atoms with E-state index in [1.165, 1.54) is 15.6 Å². The Morgan fingerprint density at radius 1 is 0.829 bits per heavy atom. The van der Waals surface area contributed by atoms with Crippen molar-refractivity contribution in [3.8, 4) is 33.6 Å². The summed E-state index contributed by atoms with van der Waals surface area (Å²) in [7, 11) is 0. The molecule has 0 aliphatic heterocycles. The molecular weight excluding hydrogens is 464 g/mol. The highest BCUT2D eigenvalue weighted by molar-refractivity contribution is 6.30. The fourth-order valence-corrected chi connectivity index (χ4v) is 4.15. The first-order valence-corrected chi connectivity index (χ1v) is 11.2. The zero-order valence-corrected chi connectivity index (χ0v) is 19.0. The van der Waals surface area contributed by atoms with Gasteiger partial charge in [0, 0.05) is 34.1 Å². The van der Waals surface area contributed by atoms with Gasteiger partial charge in [-0.25, -0.2) is 14.5 Å². The molecule has 6 rings (SSSR count). The van der Waals surface area contributed by atoms with Gasteiger partial charge in [0.1, 0.15) is 0 Å². The van der Waals surface area contributed by atoms with Crippen LogP contribution < -0.4 is 5.69 Å². The molecule has 0 aliphatic rings. The summed E-state index contributed by atoms with van der Waals surface area (Å²) >= 11 is 6.10. The number of rotatable bonds is 5. The standard InChI is InChI=1S/C26H17ClN6O2/c27-21-7-5-18(6-8-21)22-13-30-33-25(24(22)20-9-11-28-12-10-20)31-32(26(33)34)15-17-1-3-19(4-2-17)23-14-29-16-35-23/h1-14,16H,15H2. The molecular formula is C26H17ClN6O2. The number of benzene rings is 2. The van der Waals surface area contributed by atoms with Crippen molar-refractivity contribution in [2.24, 2.45) is 0 Å². The lowest BCUT2D eigenvalue weighted by atomic mass is 9.98. The lowest BCUT2D eigenvalue weighted by Crippen LogP contribution is -2.22. The molecule has 0 bridgehead atoms. The first-order chi connectivity index (χ1) is 17.2. The van der Waals surface area contributed by atoms with E-state index in [0.29, 0.717) is 23.0 Å². The van der Waals surface area contributed by atoms with Crippen LogP contribution in [0.3, 0.4) is 0 Å². The van der Waals surface area contributed by atoms with Crippen LogP contribution in [0.5, 0.6) is 0 Å². The van der Waals surface area contributed by atoms with E-state index in [0.717, 1.165) is 33.4 Å². The Morgan fingerprint density at radius 3 is 2.29 bits per heavy atom. The monoisotopic (exact) mass is 480 g/mol. The molecule has 0 fully saturated rings. The molecule has 0 spiro atoms. The maximum atomic E-state index is 13.2. The Kier molecular flexibility index (Phi) is 5.20. The van der Waals surface area contributed by atoms with Gasteiger partial charge < -0.3 is 4.42 Å². The lowest BCUT2D eigenvalue weighted by Gasteiger charge is -2.10. The normalized spacial score (nSPS) is 11.2. The maximum absolute atomic E-state index is 13.2. The van der Waals surface area contributed by atoms with Crippen LogP contribution in [-0.2, 0) is 6.54 Å². The minimum absolute atomic E-state index is 0.297. The highest BCUT2D eigenvalue weighted by Gasteiger charge is 2.19. The van der Waals surface area contributed by atoms with Crippen LogP contribution in [0, 0.1) is 0 Å². The van der Waals surface area contributed by atoms with Crippen molar-refractivity contribution in [3.05, 3.63) is 113 Å². The lowest BCUT2D eigenvalue weighted by molar-refractivity contribution is 0.572. The summed E-state index contributed by atoms with van der Waals surface area (Å²) in [5.74, 6) is 0.683. The number of oxazole rings is 1. The molecule has 6 aromatic rings. The quantitative estimate of drug-likeness (QED) is 0.345. The van der Waals surface area contributed by atoms with E-state index in [1.807, 2.05) is 60.7 Å². The van der Waals surface area contributed by atoms with Gasteiger partial charge in [-0.3, -0.25) is 4.98 Å². The third-order valence-corrected chi connectivity index (χ3v) is 5.99. The molecule has 170 valence electrons. The number of nitrogens with zero attached hydrogens (tertiary/aromatic N) is 6. The molecule has 4 aromatic heterocycles. The van der Waals surface area contributed by atoms with Crippen molar-refractivity contribution in [2.75, 3.05) is 0 Å². The van der Waals surface area contributed by atoms with E-state index >= 15 is 0 Å². The molecule has 35 heavy (non-hydrogen) atoms. The average Bonchev–Trinajstić information content (AvgIpc) is 3.54. The second-order valence-corrected chi connectivity index (χ2v) is 8.35. The highest BCUT2D eigenvalue weighted by Crippen LogP contribution is 2.34. The second kappa shape index (κ2) is 8.66. The minimum atomic E-state index is -0.322. The van der Waals surface area contributed by atoms with Crippen LogP contribution in [0.25, 0.3) is 39.2 Å². The van der Waals surface area contributed by atoms with Gasteiger partial charge >= 0.3 is 5.69 Å². The van der Waals surface area contributed by atoms with Gasteiger partial charge in [-0.15, -0.1) is 5.10 Å². The topological polar surface area (TPSA) is 91.1 Å². The van der Waals surface area contributed by atoms with E-state index in [9.17, 15) is 4.79 Å². The summed E-state index contributed by atoms with van der Waals surface area (Å²) in [4.78, 5) is 21.3.